The zero-order valence-electron chi connectivity index (χ0n) is 16.1. The average Bonchev–Trinajstić information content (AvgIpc) is 2.91. The standard InChI is InChI=1S/C20H22F3N3O4/c21-20(22,23)10-26-6-5-17-9-18(15(28)24-16(29)25-18)3-4-19(17,30)14(26)7-11-1-2-12(27)8-13(11)17/h1-2,8,14,27,30H,3-7,9-10H2,(H2,24,25,28,29). The lowest BCUT2D eigenvalue weighted by Crippen LogP contribution is -2.76. The van der Waals surface area contributed by atoms with Crippen LogP contribution in [-0.2, 0) is 16.6 Å². The number of fused-ring (bicyclic) bond motifs is 1. The van der Waals surface area contributed by atoms with Crippen molar-refractivity contribution in [3.63, 3.8) is 0 Å². The maximum absolute atomic E-state index is 13.2. The first-order valence-electron chi connectivity index (χ1n) is 9.97. The Morgan fingerprint density at radius 2 is 1.97 bits per heavy atom. The highest BCUT2D eigenvalue weighted by molar-refractivity contribution is 6.07. The number of benzene rings is 1. The molecule has 2 aliphatic carbocycles. The first-order chi connectivity index (χ1) is 14.0. The molecule has 5 rings (SSSR count). The molecule has 162 valence electrons. The molecular formula is C20H22F3N3O4. The van der Waals surface area contributed by atoms with Gasteiger partial charge in [0.2, 0.25) is 0 Å². The molecule has 10 heteroatoms. The largest absolute Gasteiger partial charge is 0.508 e. The van der Waals surface area contributed by atoms with E-state index in [1.54, 1.807) is 12.1 Å². The molecule has 4 atom stereocenters. The first-order valence-corrected chi connectivity index (χ1v) is 9.97. The van der Waals surface area contributed by atoms with Crippen molar-refractivity contribution in [2.45, 2.75) is 60.9 Å². The van der Waals surface area contributed by atoms with Crippen molar-refractivity contribution in [1.29, 1.82) is 0 Å². The first kappa shape index (κ1) is 19.6. The zero-order chi connectivity index (χ0) is 21.5. The van der Waals surface area contributed by atoms with E-state index in [9.17, 15) is 33.0 Å². The summed E-state index contributed by atoms with van der Waals surface area (Å²) in [5.41, 5.74) is -2.40. The average molecular weight is 425 g/mol. The summed E-state index contributed by atoms with van der Waals surface area (Å²) in [5, 5.41) is 27.0. The second kappa shape index (κ2) is 5.88. The summed E-state index contributed by atoms with van der Waals surface area (Å²) < 4.78 is 39.7. The topological polar surface area (TPSA) is 102 Å². The van der Waals surface area contributed by atoms with Crippen molar-refractivity contribution in [2.24, 2.45) is 0 Å². The van der Waals surface area contributed by atoms with Gasteiger partial charge in [-0.25, -0.2) is 4.79 Å². The second-order valence-electron chi connectivity index (χ2n) is 9.07. The molecule has 0 aromatic heterocycles. The number of carbonyl (C=O) groups is 2. The summed E-state index contributed by atoms with van der Waals surface area (Å²) in [6.07, 6.45) is -3.74. The molecule has 2 heterocycles. The van der Waals surface area contributed by atoms with E-state index in [4.69, 9.17) is 0 Å². The molecule has 30 heavy (non-hydrogen) atoms. The predicted octanol–water partition coefficient (Wildman–Crippen LogP) is 1.32. The van der Waals surface area contributed by atoms with Crippen LogP contribution in [0.5, 0.6) is 5.75 Å². The zero-order valence-corrected chi connectivity index (χ0v) is 16.1. The van der Waals surface area contributed by atoms with Gasteiger partial charge in [-0.2, -0.15) is 13.2 Å². The molecule has 1 aromatic carbocycles. The van der Waals surface area contributed by atoms with Gasteiger partial charge >= 0.3 is 12.2 Å². The van der Waals surface area contributed by atoms with Crippen LogP contribution < -0.4 is 10.6 Å². The molecule has 4 aliphatic rings. The summed E-state index contributed by atoms with van der Waals surface area (Å²) in [4.78, 5) is 25.8. The molecule has 7 nitrogen and oxygen atoms in total. The SMILES string of the molecule is O=C1NC(=O)C2(CCC3(O)C4Cc5ccc(O)cc5C3(CCN4CC(F)(F)F)C2)N1. The van der Waals surface area contributed by atoms with E-state index >= 15 is 0 Å². The van der Waals surface area contributed by atoms with Crippen molar-refractivity contribution in [3.05, 3.63) is 29.3 Å². The molecule has 2 saturated heterocycles. The number of urea groups is 1. The van der Waals surface area contributed by atoms with Crippen LogP contribution >= 0.6 is 0 Å². The number of phenols is 1. The summed E-state index contributed by atoms with van der Waals surface area (Å²) in [6, 6.07) is 3.31. The Bertz CT molecular complexity index is 954. The fourth-order valence-corrected chi connectivity index (χ4v) is 6.39. The Morgan fingerprint density at radius 1 is 1.20 bits per heavy atom. The van der Waals surface area contributed by atoms with Crippen LogP contribution in [0.2, 0.25) is 0 Å². The number of halogens is 3. The van der Waals surface area contributed by atoms with E-state index in [1.165, 1.54) is 11.0 Å². The number of amides is 3. The van der Waals surface area contributed by atoms with Gasteiger partial charge in [0.25, 0.3) is 5.91 Å². The van der Waals surface area contributed by atoms with E-state index in [2.05, 4.69) is 10.6 Å². The minimum Gasteiger partial charge on any atom is -0.508 e. The Hall–Kier alpha value is -2.33. The minimum absolute atomic E-state index is 0.0128. The molecule has 0 radical (unpaired) electrons. The Balaban J connectivity index is 1.65. The van der Waals surface area contributed by atoms with Gasteiger partial charge in [-0.05, 0) is 61.9 Å². The van der Waals surface area contributed by atoms with Gasteiger partial charge in [0.15, 0.2) is 0 Å². The monoisotopic (exact) mass is 425 g/mol. The molecule has 3 fully saturated rings. The number of imide groups is 1. The molecule has 3 amide bonds. The van der Waals surface area contributed by atoms with Crippen molar-refractivity contribution in [1.82, 2.24) is 15.5 Å². The molecule has 1 aromatic rings. The Kier molecular flexibility index (Phi) is 3.85. The molecule has 2 bridgehead atoms. The third kappa shape index (κ3) is 2.52. The van der Waals surface area contributed by atoms with Crippen LogP contribution in [0.1, 0.15) is 36.8 Å². The normalized spacial score (nSPS) is 38.1. The van der Waals surface area contributed by atoms with Gasteiger partial charge in [-0.1, -0.05) is 6.07 Å². The fourth-order valence-electron chi connectivity index (χ4n) is 6.39. The number of rotatable bonds is 1. The summed E-state index contributed by atoms with van der Waals surface area (Å²) in [6.45, 7) is -1.03. The summed E-state index contributed by atoms with van der Waals surface area (Å²) >= 11 is 0. The number of carbonyl (C=O) groups excluding carboxylic acids is 2. The number of aromatic hydroxyl groups is 1. The van der Waals surface area contributed by atoms with E-state index in [1.807, 2.05) is 0 Å². The van der Waals surface area contributed by atoms with Crippen LogP contribution in [0.25, 0.3) is 0 Å². The number of aliphatic hydroxyl groups is 1. The van der Waals surface area contributed by atoms with E-state index < -0.39 is 47.3 Å². The van der Waals surface area contributed by atoms with Gasteiger partial charge in [-0.3, -0.25) is 15.0 Å². The van der Waals surface area contributed by atoms with Crippen molar-refractivity contribution >= 4 is 11.9 Å². The highest BCUT2D eigenvalue weighted by Gasteiger charge is 2.69. The number of nitrogens with one attached hydrogen (secondary N) is 2. The molecule has 1 saturated carbocycles. The van der Waals surface area contributed by atoms with Crippen LogP contribution in [0, 0.1) is 0 Å². The van der Waals surface area contributed by atoms with Crippen LogP contribution in [0.15, 0.2) is 18.2 Å². The lowest BCUT2D eigenvalue weighted by atomic mass is 9.46. The van der Waals surface area contributed by atoms with Gasteiger partial charge in [-0.15, -0.1) is 0 Å². The molecule has 2 aliphatic heterocycles. The van der Waals surface area contributed by atoms with Crippen molar-refractivity contribution in [3.8, 4) is 5.75 Å². The van der Waals surface area contributed by atoms with E-state index in [-0.39, 0.29) is 44.4 Å². The van der Waals surface area contributed by atoms with E-state index in [0.29, 0.717) is 5.56 Å². The lowest BCUT2D eigenvalue weighted by molar-refractivity contribution is -0.209. The summed E-state index contributed by atoms with van der Waals surface area (Å²) in [5.74, 6) is -0.494. The fraction of sp³-hybridized carbons (Fsp3) is 0.600. The molecule has 4 unspecified atom stereocenters. The Morgan fingerprint density at radius 3 is 2.63 bits per heavy atom. The molecule has 1 spiro atoms. The van der Waals surface area contributed by atoms with Gasteiger partial charge in [0.05, 0.1) is 12.1 Å². The number of likely N-dealkylation sites (tertiary alicyclic amines) is 1. The number of phenolic OH excluding ortho intramolecular Hbond substituents is 1. The number of hydrogen-bond donors (Lipinski definition) is 4. The van der Waals surface area contributed by atoms with Crippen molar-refractivity contribution in [2.75, 3.05) is 13.1 Å². The Labute approximate surface area is 170 Å². The van der Waals surface area contributed by atoms with Gasteiger partial charge in [0.1, 0.15) is 11.3 Å². The number of hydrogen-bond acceptors (Lipinski definition) is 5. The van der Waals surface area contributed by atoms with Crippen LogP contribution in [0.4, 0.5) is 18.0 Å². The third-order valence-electron chi connectivity index (χ3n) is 7.60. The minimum atomic E-state index is -4.40. The van der Waals surface area contributed by atoms with Crippen LogP contribution in [0.3, 0.4) is 0 Å². The smallest absolute Gasteiger partial charge is 0.401 e. The molecular weight excluding hydrogens is 403 g/mol. The number of alkyl halides is 3. The quantitative estimate of drug-likeness (QED) is 0.509. The lowest BCUT2D eigenvalue weighted by Gasteiger charge is -2.65. The molecule has 4 N–H and O–H groups in total. The highest BCUT2D eigenvalue weighted by atomic mass is 19.4. The maximum Gasteiger partial charge on any atom is 0.401 e. The maximum atomic E-state index is 13.2. The predicted molar refractivity (Wildman–Crippen MR) is 97.7 cm³/mol. The van der Waals surface area contributed by atoms with E-state index in [0.717, 1.165) is 5.56 Å². The second-order valence-corrected chi connectivity index (χ2v) is 9.07. The number of nitrogens with zero attached hydrogens (tertiary/aromatic N) is 1. The number of piperidine rings is 1. The van der Waals surface area contributed by atoms with Crippen molar-refractivity contribution < 1.29 is 33.0 Å². The van der Waals surface area contributed by atoms with Gasteiger partial charge in [0, 0.05) is 11.5 Å². The van der Waals surface area contributed by atoms with Crippen LogP contribution in [-0.4, -0.2) is 63.5 Å². The third-order valence-corrected chi connectivity index (χ3v) is 7.60. The summed E-state index contributed by atoms with van der Waals surface area (Å²) in [7, 11) is 0. The van der Waals surface area contributed by atoms with Gasteiger partial charge < -0.3 is 15.5 Å². The highest BCUT2D eigenvalue weighted by Crippen LogP contribution is 2.60.